The van der Waals surface area contributed by atoms with Crippen molar-refractivity contribution in [2.75, 3.05) is 0 Å². The van der Waals surface area contributed by atoms with Crippen molar-refractivity contribution in [3.8, 4) is 0 Å². The Labute approximate surface area is 110 Å². The molecule has 0 saturated heterocycles. The maximum atomic E-state index is 10.9. The standard InChI is InChI=1S/C16H24O2/c1-4-14(11-15-7-5-6-8-15)10-9-12(2)13(3)16(17)18/h4,9-10,13,15H,1,5-8,11H2,2-3H3,(H,17,18)/b12-9+,14-10+. The second-order valence-corrected chi connectivity index (χ2v) is 5.27. The molecule has 0 aromatic rings. The third kappa shape index (κ3) is 4.52. The van der Waals surface area contributed by atoms with Crippen LogP contribution in [0.1, 0.15) is 46.0 Å². The Morgan fingerprint density at radius 1 is 1.39 bits per heavy atom. The van der Waals surface area contributed by atoms with Crippen LogP contribution >= 0.6 is 0 Å². The molecule has 0 aliphatic heterocycles. The van der Waals surface area contributed by atoms with E-state index < -0.39 is 11.9 Å². The van der Waals surface area contributed by atoms with Gasteiger partial charge in [-0.2, -0.15) is 0 Å². The van der Waals surface area contributed by atoms with Crippen LogP contribution in [-0.4, -0.2) is 11.1 Å². The molecular weight excluding hydrogens is 224 g/mol. The Kier molecular flexibility index (Phi) is 5.90. The highest BCUT2D eigenvalue weighted by Gasteiger charge is 2.15. The van der Waals surface area contributed by atoms with E-state index in [1.165, 1.54) is 31.3 Å². The molecule has 2 nitrogen and oxygen atoms in total. The highest BCUT2D eigenvalue weighted by atomic mass is 16.4. The molecule has 0 radical (unpaired) electrons. The third-order valence-electron chi connectivity index (χ3n) is 3.88. The second kappa shape index (κ2) is 7.20. The average Bonchev–Trinajstić information content (AvgIpc) is 2.85. The number of carboxylic acid groups (broad SMARTS) is 1. The highest BCUT2D eigenvalue weighted by molar-refractivity contribution is 5.73. The highest BCUT2D eigenvalue weighted by Crippen LogP contribution is 2.30. The van der Waals surface area contributed by atoms with E-state index in [1.54, 1.807) is 6.92 Å². The van der Waals surface area contributed by atoms with Crippen molar-refractivity contribution in [2.24, 2.45) is 11.8 Å². The van der Waals surface area contributed by atoms with E-state index in [0.29, 0.717) is 0 Å². The first-order valence-electron chi connectivity index (χ1n) is 6.77. The van der Waals surface area contributed by atoms with Gasteiger partial charge in [0.2, 0.25) is 0 Å². The van der Waals surface area contributed by atoms with Gasteiger partial charge in [0.25, 0.3) is 0 Å². The summed E-state index contributed by atoms with van der Waals surface area (Å²) >= 11 is 0. The Morgan fingerprint density at radius 3 is 2.50 bits per heavy atom. The number of aliphatic carboxylic acids is 1. The first-order chi connectivity index (χ1) is 8.54. The van der Waals surface area contributed by atoms with E-state index in [0.717, 1.165) is 17.9 Å². The van der Waals surface area contributed by atoms with Gasteiger partial charge in [0.1, 0.15) is 0 Å². The Morgan fingerprint density at radius 2 is 2.00 bits per heavy atom. The molecule has 2 heteroatoms. The molecule has 0 heterocycles. The van der Waals surface area contributed by atoms with Gasteiger partial charge < -0.3 is 5.11 Å². The van der Waals surface area contributed by atoms with Crippen molar-refractivity contribution in [1.29, 1.82) is 0 Å². The lowest BCUT2D eigenvalue weighted by molar-refractivity contribution is -0.139. The molecule has 100 valence electrons. The van der Waals surface area contributed by atoms with Gasteiger partial charge in [-0.05, 0) is 31.8 Å². The first-order valence-corrected chi connectivity index (χ1v) is 6.77. The van der Waals surface area contributed by atoms with Crippen LogP contribution in [0.25, 0.3) is 0 Å². The van der Waals surface area contributed by atoms with E-state index in [1.807, 2.05) is 25.2 Å². The lowest BCUT2D eigenvalue weighted by Gasteiger charge is -2.09. The van der Waals surface area contributed by atoms with E-state index >= 15 is 0 Å². The molecule has 0 bridgehead atoms. The molecule has 18 heavy (non-hydrogen) atoms. The van der Waals surface area contributed by atoms with Crippen LogP contribution in [0, 0.1) is 11.8 Å². The molecule has 1 aliphatic rings. The van der Waals surface area contributed by atoms with Gasteiger partial charge in [-0.25, -0.2) is 0 Å². The van der Waals surface area contributed by atoms with Gasteiger partial charge >= 0.3 is 5.97 Å². The minimum atomic E-state index is -0.770. The molecule has 0 amide bonds. The number of hydrogen-bond donors (Lipinski definition) is 1. The van der Waals surface area contributed by atoms with Crippen molar-refractivity contribution in [1.82, 2.24) is 0 Å². The van der Waals surface area contributed by atoms with Crippen LogP contribution < -0.4 is 0 Å². The summed E-state index contributed by atoms with van der Waals surface area (Å²) in [4.78, 5) is 10.9. The lowest BCUT2D eigenvalue weighted by atomic mass is 9.96. The number of hydrogen-bond acceptors (Lipinski definition) is 1. The summed E-state index contributed by atoms with van der Waals surface area (Å²) < 4.78 is 0. The molecule has 1 unspecified atom stereocenters. The fourth-order valence-corrected chi connectivity index (χ4v) is 2.34. The van der Waals surface area contributed by atoms with E-state index in [9.17, 15) is 4.79 Å². The summed E-state index contributed by atoms with van der Waals surface area (Å²) in [7, 11) is 0. The van der Waals surface area contributed by atoms with Crippen molar-refractivity contribution in [2.45, 2.75) is 46.0 Å². The van der Waals surface area contributed by atoms with E-state index in [-0.39, 0.29) is 0 Å². The molecule has 0 aromatic carbocycles. The molecule has 1 aliphatic carbocycles. The van der Waals surface area contributed by atoms with Crippen molar-refractivity contribution in [3.63, 3.8) is 0 Å². The number of rotatable bonds is 6. The molecule has 0 aromatic heterocycles. The van der Waals surface area contributed by atoms with Crippen molar-refractivity contribution >= 4 is 5.97 Å². The topological polar surface area (TPSA) is 37.3 Å². The zero-order chi connectivity index (χ0) is 13.5. The van der Waals surface area contributed by atoms with Crippen LogP contribution in [0.5, 0.6) is 0 Å². The largest absolute Gasteiger partial charge is 0.481 e. The molecule has 1 rings (SSSR count). The minimum Gasteiger partial charge on any atom is -0.481 e. The Balaban J connectivity index is 2.63. The quantitative estimate of drug-likeness (QED) is 0.710. The van der Waals surface area contributed by atoms with E-state index in [4.69, 9.17) is 5.11 Å². The number of allylic oxidation sites excluding steroid dienone is 4. The van der Waals surface area contributed by atoms with Crippen LogP contribution in [0.2, 0.25) is 0 Å². The monoisotopic (exact) mass is 248 g/mol. The second-order valence-electron chi connectivity index (χ2n) is 5.27. The predicted molar refractivity (Wildman–Crippen MR) is 75.4 cm³/mol. The minimum absolute atomic E-state index is 0.418. The fourth-order valence-electron chi connectivity index (χ4n) is 2.34. The molecule has 1 atom stereocenters. The van der Waals surface area contributed by atoms with Gasteiger partial charge in [0.05, 0.1) is 5.92 Å². The van der Waals surface area contributed by atoms with Gasteiger partial charge in [0.15, 0.2) is 0 Å². The summed E-state index contributed by atoms with van der Waals surface area (Å²) in [5, 5.41) is 8.92. The van der Waals surface area contributed by atoms with Crippen LogP contribution in [-0.2, 0) is 4.79 Å². The van der Waals surface area contributed by atoms with Gasteiger partial charge in [0, 0.05) is 0 Å². The van der Waals surface area contributed by atoms with Crippen molar-refractivity contribution in [3.05, 3.63) is 36.0 Å². The smallest absolute Gasteiger partial charge is 0.310 e. The molecule has 1 fully saturated rings. The zero-order valence-electron chi connectivity index (χ0n) is 11.5. The summed E-state index contributed by atoms with van der Waals surface area (Å²) in [5.74, 6) is -0.397. The normalized spacial score (nSPS) is 19.9. The van der Waals surface area contributed by atoms with Crippen molar-refractivity contribution < 1.29 is 9.90 Å². The zero-order valence-corrected chi connectivity index (χ0v) is 11.5. The molecular formula is C16H24O2. The summed E-state index contributed by atoms with van der Waals surface area (Å²) in [6.45, 7) is 7.43. The van der Waals surface area contributed by atoms with Crippen LogP contribution in [0.3, 0.4) is 0 Å². The van der Waals surface area contributed by atoms with Crippen LogP contribution in [0.15, 0.2) is 36.0 Å². The Bertz CT molecular complexity index is 357. The average molecular weight is 248 g/mol. The van der Waals surface area contributed by atoms with Crippen LogP contribution in [0.4, 0.5) is 0 Å². The summed E-state index contributed by atoms with van der Waals surface area (Å²) in [6, 6.07) is 0. The third-order valence-corrected chi connectivity index (χ3v) is 3.88. The summed E-state index contributed by atoms with van der Waals surface area (Å²) in [5.41, 5.74) is 2.10. The summed E-state index contributed by atoms with van der Waals surface area (Å²) in [6.07, 6.45) is 12.3. The molecule has 0 spiro atoms. The maximum Gasteiger partial charge on any atom is 0.310 e. The van der Waals surface area contributed by atoms with Gasteiger partial charge in [-0.15, -0.1) is 0 Å². The Hall–Kier alpha value is -1.31. The lowest BCUT2D eigenvalue weighted by Crippen LogP contribution is -2.10. The van der Waals surface area contributed by atoms with Gasteiger partial charge in [-0.1, -0.05) is 56.1 Å². The SMILES string of the molecule is C=C/C(=C\C=C(/C)C(C)C(=O)O)CC1CCCC1. The first kappa shape index (κ1) is 14.7. The number of carbonyl (C=O) groups is 1. The molecule has 1 N–H and O–H groups in total. The maximum absolute atomic E-state index is 10.9. The molecule has 1 saturated carbocycles. The van der Waals surface area contributed by atoms with E-state index in [2.05, 4.69) is 6.58 Å². The fraction of sp³-hybridized carbons (Fsp3) is 0.562. The number of carboxylic acids is 1. The van der Waals surface area contributed by atoms with Gasteiger partial charge in [-0.3, -0.25) is 4.79 Å². The predicted octanol–water partition coefficient (Wildman–Crippen LogP) is 4.35.